The lowest BCUT2D eigenvalue weighted by molar-refractivity contribution is -0.119. The second kappa shape index (κ2) is 3.76. The number of rotatable bonds is 4. The molecule has 0 aliphatic carbocycles. The van der Waals surface area contributed by atoms with Gasteiger partial charge in [-0.3, -0.25) is 4.79 Å². The highest BCUT2D eigenvalue weighted by atomic mass is 32.2. The van der Waals surface area contributed by atoms with Gasteiger partial charge in [-0.2, -0.15) is 4.72 Å². The van der Waals surface area contributed by atoms with Gasteiger partial charge in [-0.25, -0.2) is 13.4 Å². The zero-order chi connectivity index (χ0) is 10.8. The van der Waals surface area contributed by atoms with Crippen molar-refractivity contribution in [2.24, 2.45) is 5.73 Å². The van der Waals surface area contributed by atoms with Crippen LogP contribution in [-0.2, 0) is 14.8 Å². The zero-order valence-electron chi connectivity index (χ0n) is 7.39. The molecule has 1 unspecified atom stereocenters. The number of imidazole rings is 1. The lowest BCUT2D eigenvalue weighted by Gasteiger charge is -2.08. The number of primary amides is 1. The fraction of sp³-hybridized carbons (Fsp3) is 0.333. The third kappa shape index (κ3) is 2.30. The van der Waals surface area contributed by atoms with Crippen molar-refractivity contribution in [1.29, 1.82) is 0 Å². The zero-order valence-corrected chi connectivity index (χ0v) is 8.21. The van der Waals surface area contributed by atoms with Crippen LogP contribution in [-0.4, -0.2) is 30.3 Å². The van der Waals surface area contributed by atoms with Crippen LogP contribution < -0.4 is 10.5 Å². The van der Waals surface area contributed by atoms with Gasteiger partial charge in [-0.1, -0.05) is 0 Å². The molecule has 78 valence electrons. The van der Waals surface area contributed by atoms with Crippen molar-refractivity contribution in [2.45, 2.75) is 18.0 Å². The molecule has 1 atom stereocenters. The Hall–Kier alpha value is -1.41. The standard InChI is InChI=1S/C6H10N4O3S/c1-4(6(7)11)10-14(12,13)5-2-8-3-9-5/h2-4,10H,1H3,(H2,7,11)(H,8,9). The average molecular weight is 218 g/mol. The molecule has 0 aliphatic rings. The van der Waals surface area contributed by atoms with E-state index in [1.54, 1.807) is 0 Å². The molecule has 0 bridgehead atoms. The first-order valence-electron chi connectivity index (χ1n) is 3.73. The van der Waals surface area contributed by atoms with Crippen molar-refractivity contribution in [3.63, 3.8) is 0 Å². The van der Waals surface area contributed by atoms with E-state index in [4.69, 9.17) is 5.73 Å². The molecule has 4 N–H and O–H groups in total. The molecule has 7 nitrogen and oxygen atoms in total. The third-order valence-electron chi connectivity index (χ3n) is 1.52. The number of amides is 1. The van der Waals surface area contributed by atoms with Crippen LogP contribution in [0.5, 0.6) is 0 Å². The maximum atomic E-state index is 11.4. The molecule has 0 aromatic carbocycles. The molecule has 0 spiro atoms. The van der Waals surface area contributed by atoms with Crippen LogP contribution in [0.25, 0.3) is 0 Å². The van der Waals surface area contributed by atoms with Gasteiger partial charge in [0.2, 0.25) is 5.91 Å². The van der Waals surface area contributed by atoms with E-state index in [0.29, 0.717) is 0 Å². The van der Waals surface area contributed by atoms with Crippen molar-refractivity contribution in [3.05, 3.63) is 12.5 Å². The highest BCUT2D eigenvalue weighted by Gasteiger charge is 2.20. The number of nitrogens with one attached hydrogen (secondary N) is 2. The van der Waals surface area contributed by atoms with Gasteiger partial charge >= 0.3 is 0 Å². The van der Waals surface area contributed by atoms with Gasteiger partial charge in [-0.05, 0) is 6.92 Å². The summed E-state index contributed by atoms with van der Waals surface area (Å²) < 4.78 is 24.9. The molecular weight excluding hydrogens is 208 g/mol. The van der Waals surface area contributed by atoms with Gasteiger partial charge in [0, 0.05) is 0 Å². The molecule has 0 aliphatic heterocycles. The first-order chi connectivity index (χ1) is 6.43. The largest absolute Gasteiger partial charge is 0.368 e. The Labute approximate surface area is 80.8 Å². The number of hydrogen-bond donors (Lipinski definition) is 3. The summed E-state index contributed by atoms with van der Waals surface area (Å²) >= 11 is 0. The van der Waals surface area contributed by atoms with E-state index < -0.39 is 22.0 Å². The molecule has 0 saturated heterocycles. The van der Waals surface area contributed by atoms with Crippen LogP contribution in [0.4, 0.5) is 0 Å². The number of carbonyl (C=O) groups is 1. The minimum Gasteiger partial charge on any atom is -0.368 e. The number of sulfonamides is 1. The Morgan fingerprint density at radius 1 is 1.71 bits per heavy atom. The maximum absolute atomic E-state index is 11.4. The van der Waals surface area contributed by atoms with E-state index >= 15 is 0 Å². The van der Waals surface area contributed by atoms with Crippen LogP contribution in [0.2, 0.25) is 0 Å². The highest BCUT2D eigenvalue weighted by Crippen LogP contribution is 2.02. The normalized spacial score (nSPS) is 13.8. The van der Waals surface area contributed by atoms with Crippen LogP contribution in [0, 0.1) is 0 Å². The molecule has 1 heterocycles. The predicted octanol–water partition coefficient (Wildman–Crippen LogP) is -1.44. The number of hydrogen-bond acceptors (Lipinski definition) is 4. The molecule has 8 heteroatoms. The Balaban J connectivity index is 2.84. The second-order valence-electron chi connectivity index (χ2n) is 2.66. The highest BCUT2D eigenvalue weighted by molar-refractivity contribution is 7.89. The topological polar surface area (TPSA) is 118 Å². The minimum absolute atomic E-state index is 0.106. The summed E-state index contributed by atoms with van der Waals surface area (Å²) in [5.74, 6) is -0.743. The summed E-state index contributed by atoms with van der Waals surface area (Å²) in [5, 5.41) is -0.106. The Kier molecular flexibility index (Phi) is 2.87. The summed E-state index contributed by atoms with van der Waals surface area (Å²) in [5.41, 5.74) is 4.90. The number of carbonyl (C=O) groups excluding carboxylic acids is 1. The van der Waals surface area contributed by atoms with Crippen molar-refractivity contribution in [1.82, 2.24) is 14.7 Å². The first-order valence-corrected chi connectivity index (χ1v) is 5.22. The van der Waals surface area contributed by atoms with Crippen molar-refractivity contribution >= 4 is 15.9 Å². The van der Waals surface area contributed by atoms with Gasteiger partial charge in [0.1, 0.15) is 0 Å². The molecule has 1 rings (SSSR count). The fourth-order valence-electron chi connectivity index (χ4n) is 0.744. The van der Waals surface area contributed by atoms with Gasteiger partial charge in [0.05, 0.1) is 18.6 Å². The molecule has 0 saturated carbocycles. The van der Waals surface area contributed by atoms with Crippen LogP contribution >= 0.6 is 0 Å². The summed E-state index contributed by atoms with van der Waals surface area (Å²) in [6.45, 7) is 1.36. The molecule has 1 amide bonds. The number of nitrogens with zero attached hydrogens (tertiary/aromatic N) is 1. The molecule has 0 fully saturated rings. The molecular formula is C6H10N4O3S. The minimum atomic E-state index is -3.73. The molecule has 1 aromatic rings. The Bertz CT molecular complexity index is 410. The number of aromatic amines is 1. The first kappa shape index (κ1) is 10.7. The van der Waals surface area contributed by atoms with Crippen LogP contribution in [0.1, 0.15) is 6.92 Å². The van der Waals surface area contributed by atoms with E-state index in [1.165, 1.54) is 13.3 Å². The molecule has 14 heavy (non-hydrogen) atoms. The van der Waals surface area contributed by atoms with Crippen molar-refractivity contribution in [2.75, 3.05) is 0 Å². The predicted molar refractivity (Wildman–Crippen MR) is 47.6 cm³/mol. The Morgan fingerprint density at radius 3 is 2.79 bits per heavy atom. The third-order valence-corrected chi connectivity index (χ3v) is 2.99. The van der Waals surface area contributed by atoms with E-state index in [0.717, 1.165) is 6.20 Å². The number of aromatic nitrogens is 2. The molecule has 1 aromatic heterocycles. The summed E-state index contributed by atoms with van der Waals surface area (Å²) in [4.78, 5) is 16.6. The summed E-state index contributed by atoms with van der Waals surface area (Å²) in [6.07, 6.45) is 2.36. The maximum Gasteiger partial charge on any atom is 0.258 e. The number of H-pyrrole nitrogens is 1. The van der Waals surface area contributed by atoms with Crippen LogP contribution in [0.3, 0.4) is 0 Å². The smallest absolute Gasteiger partial charge is 0.258 e. The van der Waals surface area contributed by atoms with E-state index in [-0.39, 0.29) is 5.03 Å². The summed E-state index contributed by atoms with van der Waals surface area (Å²) in [6, 6.07) is -0.955. The van der Waals surface area contributed by atoms with E-state index in [1.807, 2.05) is 0 Å². The van der Waals surface area contributed by atoms with Crippen molar-refractivity contribution in [3.8, 4) is 0 Å². The monoisotopic (exact) mass is 218 g/mol. The van der Waals surface area contributed by atoms with Gasteiger partial charge < -0.3 is 10.7 Å². The summed E-state index contributed by atoms with van der Waals surface area (Å²) in [7, 11) is -3.73. The average Bonchev–Trinajstić information content (AvgIpc) is 2.54. The lowest BCUT2D eigenvalue weighted by Crippen LogP contribution is -2.42. The Morgan fingerprint density at radius 2 is 2.36 bits per heavy atom. The lowest BCUT2D eigenvalue weighted by atomic mass is 10.4. The second-order valence-corrected chi connectivity index (χ2v) is 4.34. The SMILES string of the molecule is CC(NS(=O)(=O)c1cnc[nH]1)C(N)=O. The van der Waals surface area contributed by atoms with Gasteiger partial charge in [0.25, 0.3) is 10.0 Å². The van der Waals surface area contributed by atoms with Gasteiger partial charge in [-0.15, -0.1) is 0 Å². The van der Waals surface area contributed by atoms with Crippen LogP contribution in [0.15, 0.2) is 17.6 Å². The van der Waals surface area contributed by atoms with E-state index in [2.05, 4.69) is 14.7 Å². The number of nitrogens with two attached hydrogens (primary N) is 1. The van der Waals surface area contributed by atoms with Crippen molar-refractivity contribution < 1.29 is 13.2 Å². The fourth-order valence-corrected chi connectivity index (χ4v) is 1.86. The quantitative estimate of drug-likeness (QED) is 0.573. The molecule has 0 radical (unpaired) electrons. The van der Waals surface area contributed by atoms with E-state index in [9.17, 15) is 13.2 Å². The van der Waals surface area contributed by atoms with Gasteiger partial charge in [0.15, 0.2) is 5.03 Å².